The third-order valence-corrected chi connectivity index (χ3v) is 3.40. The van der Waals surface area contributed by atoms with Crippen LogP contribution in [0.3, 0.4) is 0 Å². The van der Waals surface area contributed by atoms with Crippen LogP contribution in [0.2, 0.25) is 5.15 Å². The molecule has 0 bridgehead atoms. The van der Waals surface area contributed by atoms with Crippen molar-refractivity contribution in [2.24, 2.45) is 0 Å². The van der Waals surface area contributed by atoms with E-state index in [9.17, 15) is 0 Å². The number of halogens is 1. The van der Waals surface area contributed by atoms with Crippen molar-refractivity contribution in [1.29, 1.82) is 0 Å². The molecule has 0 N–H and O–H groups in total. The Morgan fingerprint density at radius 2 is 2.36 bits per heavy atom. The Morgan fingerprint density at radius 1 is 1.50 bits per heavy atom. The van der Waals surface area contributed by atoms with Gasteiger partial charge in [-0.2, -0.15) is 20.1 Å². The van der Waals surface area contributed by atoms with E-state index in [0.29, 0.717) is 5.15 Å². The molecular weight excluding hydrogens is 238 g/mol. The van der Waals surface area contributed by atoms with Crippen molar-refractivity contribution in [3.05, 3.63) is 27.5 Å². The summed E-state index contributed by atoms with van der Waals surface area (Å²) in [5, 5.41) is 4.65. The van der Waals surface area contributed by atoms with Crippen molar-refractivity contribution in [2.45, 2.75) is 6.54 Å². The highest BCUT2D eigenvalue weighted by atomic mass is 35.5. The number of thiophene rings is 1. The maximum atomic E-state index is 5.87. The fourth-order valence-corrected chi connectivity index (χ4v) is 2.62. The van der Waals surface area contributed by atoms with E-state index in [-0.39, 0.29) is 0 Å². The minimum absolute atomic E-state index is 0.479. The molecule has 2 aromatic heterocycles. The first kappa shape index (κ1) is 9.89. The monoisotopic (exact) mass is 245 g/mol. The zero-order valence-corrected chi connectivity index (χ0v) is 9.86. The molecule has 2 heterocycles. The summed E-state index contributed by atoms with van der Waals surface area (Å²) in [6.07, 6.45) is 0. The van der Waals surface area contributed by atoms with E-state index in [1.165, 1.54) is 5.56 Å². The lowest BCUT2D eigenvalue weighted by Gasteiger charge is -2.14. The normalized spacial score (nSPS) is 10.4. The zero-order valence-electron chi connectivity index (χ0n) is 7.48. The quantitative estimate of drug-likeness (QED) is 0.833. The molecule has 14 heavy (non-hydrogen) atoms. The summed E-state index contributed by atoms with van der Waals surface area (Å²) >= 11 is 8.70. The van der Waals surface area contributed by atoms with Crippen LogP contribution >= 0.6 is 34.7 Å². The van der Waals surface area contributed by atoms with E-state index in [1.54, 1.807) is 11.3 Å². The number of nitrogens with zero attached hydrogens (tertiary/aromatic N) is 3. The maximum absolute atomic E-state index is 5.87. The van der Waals surface area contributed by atoms with E-state index in [0.717, 1.165) is 24.1 Å². The van der Waals surface area contributed by atoms with Crippen LogP contribution in [-0.4, -0.2) is 15.8 Å². The maximum Gasteiger partial charge on any atom is 0.187 e. The summed E-state index contributed by atoms with van der Waals surface area (Å²) in [6.45, 7) is 0.814. The van der Waals surface area contributed by atoms with Gasteiger partial charge >= 0.3 is 0 Å². The van der Waals surface area contributed by atoms with Crippen LogP contribution in [-0.2, 0) is 6.54 Å². The molecule has 0 atom stereocenters. The highest BCUT2D eigenvalue weighted by Gasteiger charge is 2.10. The van der Waals surface area contributed by atoms with Gasteiger partial charge in [0.15, 0.2) is 11.0 Å². The summed E-state index contributed by atoms with van der Waals surface area (Å²) in [5.41, 5.74) is 1.27. The fourth-order valence-electron chi connectivity index (χ4n) is 1.13. The van der Waals surface area contributed by atoms with Crippen molar-refractivity contribution >= 4 is 40.5 Å². The van der Waals surface area contributed by atoms with Crippen LogP contribution in [0, 0.1) is 0 Å². The Labute approximate surface area is 95.3 Å². The van der Waals surface area contributed by atoms with Gasteiger partial charge in [0, 0.05) is 13.6 Å². The molecule has 0 aromatic carbocycles. The van der Waals surface area contributed by atoms with Crippen LogP contribution in [0.4, 0.5) is 5.82 Å². The molecule has 2 rings (SSSR count). The van der Waals surface area contributed by atoms with Gasteiger partial charge in [-0.3, -0.25) is 0 Å². The predicted octanol–water partition coefficient (Wildman–Crippen LogP) is 2.89. The molecule has 2 aromatic rings. The van der Waals surface area contributed by atoms with Crippen LogP contribution < -0.4 is 4.90 Å². The lowest BCUT2D eigenvalue weighted by Crippen LogP contribution is -2.16. The second-order valence-electron chi connectivity index (χ2n) is 2.87. The van der Waals surface area contributed by atoms with Crippen LogP contribution in [0.1, 0.15) is 5.56 Å². The molecule has 0 aliphatic heterocycles. The van der Waals surface area contributed by atoms with Gasteiger partial charge in [-0.05, 0) is 22.4 Å². The summed E-state index contributed by atoms with van der Waals surface area (Å²) in [7, 11) is 1.96. The Bertz CT molecular complexity index is 398. The number of anilines is 1. The summed E-state index contributed by atoms with van der Waals surface area (Å²) < 4.78 is 8.05. The smallest absolute Gasteiger partial charge is 0.187 e. The fraction of sp³-hybridized carbons (Fsp3) is 0.250. The minimum Gasteiger partial charge on any atom is -0.352 e. The molecule has 0 aliphatic rings. The Balaban J connectivity index is 2.10. The Kier molecular flexibility index (Phi) is 3.00. The average Bonchev–Trinajstić information content (AvgIpc) is 2.75. The van der Waals surface area contributed by atoms with Gasteiger partial charge < -0.3 is 4.90 Å². The largest absolute Gasteiger partial charge is 0.352 e. The van der Waals surface area contributed by atoms with Crippen LogP contribution in [0.25, 0.3) is 0 Å². The summed E-state index contributed by atoms with van der Waals surface area (Å²) in [6, 6.07) is 2.09. The molecule has 0 unspecified atom stereocenters. The molecule has 0 saturated heterocycles. The zero-order chi connectivity index (χ0) is 9.97. The third-order valence-electron chi connectivity index (χ3n) is 1.79. The van der Waals surface area contributed by atoms with Gasteiger partial charge in [0.05, 0.1) is 11.7 Å². The number of hydrogen-bond acceptors (Lipinski definition) is 5. The van der Waals surface area contributed by atoms with Gasteiger partial charge in [0.2, 0.25) is 0 Å². The molecule has 0 amide bonds. The van der Waals surface area contributed by atoms with E-state index < -0.39 is 0 Å². The highest BCUT2D eigenvalue weighted by Crippen LogP contribution is 2.23. The van der Waals surface area contributed by atoms with Crippen molar-refractivity contribution in [1.82, 2.24) is 8.75 Å². The lowest BCUT2D eigenvalue weighted by molar-refractivity contribution is 0.912. The SMILES string of the molecule is CN(Cc1ccsc1)c1nsnc1Cl. The van der Waals surface area contributed by atoms with Crippen molar-refractivity contribution in [3.63, 3.8) is 0 Å². The van der Waals surface area contributed by atoms with Gasteiger partial charge in [-0.1, -0.05) is 11.6 Å². The topological polar surface area (TPSA) is 29.0 Å². The molecule has 0 aliphatic carbocycles. The van der Waals surface area contributed by atoms with Gasteiger partial charge in [-0.25, -0.2) is 0 Å². The molecular formula is C8H8ClN3S2. The second-order valence-corrected chi connectivity index (χ2v) is 4.53. The van der Waals surface area contributed by atoms with E-state index >= 15 is 0 Å². The Hall–Kier alpha value is -0.650. The number of rotatable bonds is 3. The van der Waals surface area contributed by atoms with Crippen molar-refractivity contribution in [2.75, 3.05) is 11.9 Å². The van der Waals surface area contributed by atoms with Gasteiger partial charge in [0.1, 0.15) is 0 Å². The van der Waals surface area contributed by atoms with Gasteiger partial charge in [-0.15, -0.1) is 0 Å². The highest BCUT2D eigenvalue weighted by molar-refractivity contribution is 7.07. The first-order valence-electron chi connectivity index (χ1n) is 3.97. The molecule has 0 saturated carbocycles. The van der Waals surface area contributed by atoms with E-state index in [4.69, 9.17) is 11.6 Å². The summed E-state index contributed by atoms with van der Waals surface area (Å²) in [4.78, 5) is 1.99. The standard InChI is InChI=1S/C8H8ClN3S2/c1-12(4-6-2-3-13-5-6)8-7(9)10-14-11-8/h2-3,5H,4H2,1H3. The Morgan fingerprint density at radius 3 is 2.93 bits per heavy atom. The predicted molar refractivity (Wildman–Crippen MR) is 61.3 cm³/mol. The first-order valence-corrected chi connectivity index (χ1v) is 6.03. The average molecular weight is 246 g/mol. The van der Waals surface area contributed by atoms with E-state index in [1.807, 2.05) is 11.9 Å². The molecule has 3 nitrogen and oxygen atoms in total. The lowest BCUT2D eigenvalue weighted by atomic mass is 10.3. The molecule has 74 valence electrons. The third kappa shape index (κ3) is 2.05. The molecule has 6 heteroatoms. The number of aromatic nitrogens is 2. The van der Waals surface area contributed by atoms with Crippen molar-refractivity contribution < 1.29 is 0 Å². The summed E-state index contributed by atoms with van der Waals surface area (Å²) in [5.74, 6) is 0.753. The number of hydrogen-bond donors (Lipinski definition) is 0. The van der Waals surface area contributed by atoms with Crippen molar-refractivity contribution in [3.8, 4) is 0 Å². The molecule has 0 radical (unpaired) electrons. The first-order chi connectivity index (χ1) is 6.77. The van der Waals surface area contributed by atoms with Gasteiger partial charge in [0.25, 0.3) is 0 Å². The second kappa shape index (κ2) is 4.25. The molecule has 0 fully saturated rings. The molecule has 0 spiro atoms. The van der Waals surface area contributed by atoms with E-state index in [2.05, 4.69) is 25.6 Å². The van der Waals surface area contributed by atoms with Crippen LogP contribution in [0.5, 0.6) is 0 Å². The minimum atomic E-state index is 0.479. The van der Waals surface area contributed by atoms with Crippen LogP contribution in [0.15, 0.2) is 16.8 Å².